The van der Waals surface area contributed by atoms with Gasteiger partial charge in [-0.25, -0.2) is 0 Å². The molecule has 2 aromatic rings. The van der Waals surface area contributed by atoms with Crippen molar-refractivity contribution in [2.45, 2.75) is 0 Å². The first-order valence-electron chi connectivity index (χ1n) is 4.13. The van der Waals surface area contributed by atoms with Gasteiger partial charge in [0.2, 0.25) is 0 Å². The molecule has 0 bridgehead atoms. The second-order valence-corrected chi connectivity index (χ2v) is 3.32. The fourth-order valence-electron chi connectivity index (χ4n) is 1.13. The molecule has 1 aromatic heterocycles. The minimum atomic E-state index is -0.569. The Hall–Kier alpha value is -1.75. The summed E-state index contributed by atoms with van der Waals surface area (Å²) in [6.45, 7) is -0.232. The fraction of sp³-hybridized carbons (Fsp3) is 0.111. The Labute approximate surface area is 89.7 Å². The van der Waals surface area contributed by atoms with E-state index >= 15 is 0 Å². The van der Waals surface area contributed by atoms with Crippen LogP contribution in [-0.4, -0.2) is 17.7 Å². The molecule has 2 rings (SSSR count). The molecule has 0 unspecified atom stereocenters. The minimum absolute atomic E-state index is 0.232. The van der Waals surface area contributed by atoms with Gasteiger partial charge in [0.25, 0.3) is 11.8 Å². The average molecular weight is 227 g/mol. The molecule has 0 aliphatic rings. The van der Waals surface area contributed by atoms with Crippen LogP contribution in [0.5, 0.6) is 5.88 Å². The summed E-state index contributed by atoms with van der Waals surface area (Å²) in [6, 6.07) is 4.99. The Kier molecular flexibility index (Phi) is 2.47. The molecule has 0 saturated carbocycles. The lowest BCUT2D eigenvalue weighted by molar-refractivity contribution is -0.120. The van der Waals surface area contributed by atoms with Crippen LogP contribution in [0.2, 0.25) is 5.02 Å². The Bertz CT molecular complexity index is 509. The minimum Gasteiger partial charge on any atom is -0.465 e. The smallest absolute Gasteiger partial charge is 0.262 e. The summed E-state index contributed by atoms with van der Waals surface area (Å²) in [6.07, 6.45) is 0. The Morgan fingerprint density at radius 2 is 2.40 bits per heavy atom. The second-order valence-electron chi connectivity index (χ2n) is 2.88. The van der Waals surface area contributed by atoms with Crippen molar-refractivity contribution in [3.8, 4) is 5.88 Å². The number of halogens is 1. The maximum atomic E-state index is 10.5. The summed E-state index contributed by atoms with van der Waals surface area (Å²) in [5.74, 6) is -0.333. The lowest BCUT2D eigenvalue weighted by atomic mass is 10.3. The van der Waals surface area contributed by atoms with Gasteiger partial charge in [-0.1, -0.05) is 11.6 Å². The van der Waals surface area contributed by atoms with Crippen molar-refractivity contribution in [3.05, 3.63) is 23.2 Å². The van der Waals surface area contributed by atoms with Gasteiger partial charge in [0, 0.05) is 11.1 Å². The Morgan fingerprint density at radius 1 is 1.60 bits per heavy atom. The lowest BCUT2D eigenvalue weighted by Gasteiger charge is -1.97. The normalized spacial score (nSPS) is 10.5. The molecule has 78 valence electrons. The van der Waals surface area contributed by atoms with Gasteiger partial charge in [0.1, 0.15) is 0 Å². The summed E-state index contributed by atoms with van der Waals surface area (Å²) in [7, 11) is 0. The zero-order valence-corrected chi connectivity index (χ0v) is 8.32. The van der Waals surface area contributed by atoms with Gasteiger partial charge in [-0.05, 0) is 17.3 Å². The van der Waals surface area contributed by atoms with Crippen molar-refractivity contribution < 1.29 is 14.1 Å². The van der Waals surface area contributed by atoms with E-state index in [0.717, 1.165) is 0 Å². The summed E-state index contributed by atoms with van der Waals surface area (Å²) >= 11 is 5.75. The molecule has 1 aromatic carbocycles. The molecule has 0 fully saturated rings. The number of rotatable bonds is 3. The lowest BCUT2D eigenvalue weighted by Crippen LogP contribution is -2.20. The largest absolute Gasteiger partial charge is 0.465 e. The highest BCUT2D eigenvalue weighted by molar-refractivity contribution is 6.31. The van der Waals surface area contributed by atoms with E-state index < -0.39 is 5.91 Å². The van der Waals surface area contributed by atoms with Gasteiger partial charge in [-0.15, -0.1) is 0 Å². The zero-order chi connectivity index (χ0) is 10.8. The first kappa shape index (κ1) is 9.79. The number of benzene rings is 1. The number of carbonyl (C=O) groups is 1. The first-order chi connectivity index (χ1) is 7.16. The van der Waals surface area contributed by atoms with Crippen molar-refractivity contribution in [3.63, 3.8) is 0 Å². The van der Waals surface area contributed by atoms with E-state index in [-0.39, 0.29) is 12.5 Å². The third-order valence-corrected chi connectivity index (χ3v) is 1.99. The third kappa shape index (κ3) is 2.02. The van der Waals surface area contributed by atoms with Crippen molar-refractivity contribution in [1.82, 2.24) is 5.16 Å². The van der Waals surface area contributed by atoms with Gasteiger partial charge < -0.3 is 15.0 Å². The number of nitrogens with zero attached hydrogens (tertiary/aromatic N) is 1. The molecule has 1 heterocycles. The van der Waals surface area contributed by atoms with Gasteiger partial charge >= 0.3 is 0 Å². The summed E-state index contributed by atoms with van der Waals surface area (Å²) < 4.78 is 9.99. The van der Waals surface area contributed by atoms with Crippen molar-refractivity contribution in [2.24, 2.45) is 5.73 Å². The Balaban J connectivity index is 2.32. The van der Waals surface area contributed by atoms with E-state index in [0.29, 0.717) is 16.0 Å². The molecule has 1 amide bonds. The van der Waals surface area contributed by atoms with Crippen LogP contribution in [0.4, 0.5) is 0 Å². The maximum Gasteiger partial charge on any atom is 0.262 e. The molecule has 6 heteroatoms. The van der Waals surface area contributed by atoms with Crippen LogP contribution >= 0.6 is 11.6 Å². The van der Waals surface area contributed by atoms with E-state index in [4.69, 9.17) is 26.6 Å². The van der Waals surface area contributed by atoms with Gasteiger partial charge in [0.05, 0.1) is 5.39 Å². The predicted octanol–water partition coefficient (Wildman–Crippen LogP) is 1.35. The fourth-order valence-corrected chi connectivity index (χ4v) is 1.29. The Morgan fingerprint density at radius 3 is 3.13 bits per heavy atom. The zero-order valence-electron chi connectivity index (χ0n) is 7.57. The SMILES string of the molecule is NC(=O)COc1noc2cc(Cl)ccc12. The topological polar surface area (TPSA) is 78.4 Å². The first-order valence-corrected chi connectivity index (χ1v) is 4.50. The molecule has 0 aliphatic heterocycles. The van der Waals surface area contributed by atoms with Gasteiger partial charge in [-0.2, -0.15) is 0 Å². The molecular weight excluding hydrogens is 220 g/mol. The molecule has 0 spiro atoms. The van der Waals surface area contributed by atoms with Crippen LogP contribution in [-0.2, 0) is 4.79 Å². The summed E-state index contributed by atoms with van der Waals surface area (Å²) in [5.41, 5.74) is 5.44. The van der Waals surface area contributed by atoms with Crippen LogP contribution in [0.1, 0.15) is 0 Å². The number of fused-ring (bicyclic) bond motifs is 1. The number of carbonyl (C=O) groups excluding carboxylic acids is 1. The molecule has 0 saturated heterocycles. The van der Waals surface area contributed by atoms with Crippen LogP contribution in [0.25, 0.3) is 11.0 Å². The molecular formula is C9H7ClN2O3. The number of primary amides is 1. The van der Waals surface area contributed by atoms with Crippen LogP contribution < -0.4 is 10.5 Å². The highest BCUT2D eigenvalue weighted by atomic mass is 35.5. The van der Waals surface area contributed by atoms with Crippen LogP contribution in [0.15, 0.2) is 22.7 Å². The quantitative estimate of drug-likeness (QED) is 0.857. The number of hydrogen-bond acceptors (Lipinski definition) is 4. The molecule has 5 nitrogen and oxygen atoms in total. The number of aromatic nitrogens is 1. The van der Waals surface area contributed by atoms with E-state index in [9.17, 15) is 4.79 Å². The van der Waals surface area contributed by atoms with Gasteiger partial charge in [-0.3, -0.25) is 4.79 Å². The standard InChI is InChI=1S/C9H7ClN2O3/c10-5-1-2-6-7(3-5)15-12-9(6)14-4-8(11)13/h1-3H,4H2,(H2,11,13). The number of ether oxygens (including phenoxy) is 1. The highest BCUT2D eigenvalue weighted by Gasteiger charge is 2.10. The number of hydrogen-bond donors (Lipinski definition) is 1. The molecule has 2 N–H and O–H groups in total. The average Bonchev–Trinajstić information content (AvgIpc) is 2.57. The number of amides is 1. The summed E-state index contributed by atoms with van der Waals surface area (Å²) in [5, 5.41) is 4.84. The van der Waals surface area contributed by atoms with E-state index in [1.165, 1.54) is 0 Å². The molecule has 0 aliphatic carbocycles. The van der Waals surface area contributed by atoms with Gasteiger partial charge in [0.15, 0.2) is 12.2 Å². The second kappa shape index (κ2) is 3.78. The maximum absolute atomic E-state index is 10.5. The van der Waals surface area contributed by atoms with E-state index in [1.54, 1.807) is 18.2 Å². The number of nitrogens with two attached hydrogens (primary N) is 1. The predicted molar refractivity (Wildman–Crippen MR) is 53.7 cm³/mol. The van der Waals surface area contributed by atoms with Crippen molar-refractivity contribution in [1.29, 1.82) is 0 Å². The summed E-state index contributed by atoms with van der Waals surface area (Å²) in [4.78, 5) is 10.5. The van der Waals surface area contributed by atoms with E-state index in [2.05, 4.69) is 5.16 Å². The highest BCUT2D eigenvalue weighted by Crippen LogP contribution is 2.26. The molecule has 0 atom stereocenters. The third-order valence-electron chi connectivity index (χ3n) is 1.75. The monoisotopic (exact) mass is 226 g/mol. The van der Waals surface area contributed by atoms with E-state index in [1.807, 2.05) is 0 Å². The van der Waals surface area contributed by atoms with Crippen LogP contribution in [0.3, 0.4) is 0 Å². The van der Waals surface area contributed by atoms with Crippen molar-refractivity contribution in [2.75, 3.05) is 6.61 Å². The molecule has 0 radical (unpaired) electrons. The van der Waals surface area contributed by atoms with Crippen molar-refractivity contribution >= 4 is 28.5 Å². The molecule has 15 heavy (non-hydrogen) atoms. The van der Waals surface area contributed by atoms with Crippen LogP contribution in [0, 0.1) is 0 Å².